The molecular formula is C29H35F6N3O4. The van der Waals surface area contributed by atoms with E-state index >= 15 is 0 Å². The Morgan fingerprint density at radius 3 is 2.40 bits per heavy atom. The molecule has 1 heterocycles. The first-order valence-electron chi connectivity index (χ1n) is 13.5. The van der Waals surface area contributed by atoms with E-state index in [2.05, 4.69) is 5.32 Å². The molecule has 0 radical (unpaired) electrons. The minimum absolute atomic E-state index is 0.132. The topological polar surface area (TPSA) is 82.1 Å². The summed E-state index contributed by atoms with van der Waals surface area (Å²) >= 11 is 0. The summed E-state index contributed by atoms with van der Waals surface area (Å²) in [6, 6.07) is 8.88. The fourth-order valence-corrected chi connectivity index (χ4v) is 4.69. The molecule has 1 aliphatic heterocycles. The Hall–Kier alpha value is -3.32. The van der Waals surface area contributed by atoms with Crippen LogP contribution in [-0.2, 0) is 28.7 Å². The van der Waals surface area contributed by atoms with Gasteiger partial charge in [0.05, 0.1) is 31.1 Å². The second kappa shape index (κ2) is 13.8. The summed E-state index contributed by atoms with van der Waals surface area (Å²) < 4.78 is 82.7. The summed E-state index contributed by atoms with van der Waals surface area (Å²) in [5.41, 5.74) is 0.547. The van der Waals surface area contributed by atoms with Crippen LogP contribution >= 0.6 is 0 Å². The quantitative estimate of drug-likeness (QED) is 0.382. The van der Waals surface area contributed by atoms with Crippen molar-refractivity contribution in [1.29, 1.82) is 0 Å². The van der Waals surface area contributed by atoms with Crippen LogP contribution in [0.3, 0.4) is 0 Å². The van der Waals surface area contributed by atoms with Crippen molar-refractivity contribution in [3.05, 3.63) is 59.2 Å². The molecule has 7 nitrogen and oxygen atoms in total. The van der Waals surface area contributed by atoms with Crippen molar-refractivity contribution < 1.29 is 45.8 Å². The number of alkyl halides is 6. The van der Waals surface area contributed by atoms with Crippen LogP contribution in [0.5, 0.6) is 5.75 Å². The maximum atomic E-state index is 13.3. The monoisotopic (exact) mass is 603 g/mol. The van der Waals surface area contributed by atoms with Crippen LogP contribution in [0.1, 0.15) is 43.4 Å². The van der Waals surface area contributed by atoms with E-state index in [9.17, 15) is 41.0 Å². The van der Waals surface area contributed by atoms with Crippen molar-refractivity contribution in [3.8, 4) is 5.75 Å². The zero-order valence-corrected chi connectivity index (χ0v) is 23.6. The van der Waals surface area contributed by atoms with E-state index in [1.807, 2.05) is 11.8 Å². The molecule has 13 heteroatoms. The number of nitrogens with zero attached hydrogens (tertiary/aromatic N) is 2. The van der Waals surface area contributed by atoms with Crippen LogP contribution in [0.25, 0.3) is 0 Å². The van der Waals surface area contributed by atoms with Crippen molar-refractivity contribution in [2.45, 2.75) is 64.2 Å². The molecule has 0 aliphatic carbocycles. The van der Waals surface area contributed by atoms with Crippen LogP contribution < -0.4 is 10.1 Å². The molecule has 0 unspecified atom stereocenters. The predicted octanol–water partition coefficient (Wildman–Crippen LogP) is 5.27. The van der Waals surface area contributed by atoms with E-state index in [1.165, 1.54) is 24.3 Å². The number of carbonyl (C=O) groups is 2. The van der Waals surface area contributed by atoms with Crippen LogP contribution in [0.2, 0.25) is 0 Å². The SMILES string of the molecule is C[C@H](CO)N1C[C@H](C)[C@H](CN(C)Cc2ccc(C(F)(F)F)cc2)Oc2ccc(NC(=O)CCC(F)(F)F)cc2CC1=O. The highest BCUT2D eigenvalue weighted by Gasteiger charge is 2.32. The Bertz CT molecular complexity index is 1220. The molecule has 0 bridgehead atoms. The standard InChI is InChI=1S/C29H35F6N3O4/c1-18-14-38(19(2)17-39)27(41)13-21-12-23(36-26(40)10-11-28(30,31)32)8-9-24(21)42-25(18)16-37(3)15-20-4-6-22(7-5-20)29(33,34)35/h4-9,12,18-19,25,39H,10-11,13-17H2,1-3H3,(H,36,40)/t18-,19+,25-/m0/s1. The molecule has 2 N–H and O–H groups in total. The third kappa shape index (κ3) is 9.62. The number of halogens is 6. The van der Waals surface area contributed by atoms with Gasteiger partial charge < -0.3 is 20.1 Å². The van der Waals surface area contributed by atoms with Crippen LogP contribution in [0.15, 0.2) is 42.5 Å². The van der Waals surface area contributed by atoms with E-state index in [0.717, 1.165) is 12.1 Å². The van der Waals surface area contributed by atoms with Gasteiger partial charge in [-0.3, -0.25) is 14.5 Å². The minimum atomic E-state index is -4.47. The second-order valence-corrected chi connectivity index (χ2v) is 10.8. The van der Waals surface area contributed by atoms with Gasteiger partial charge in [-0.1, -0.05) is 19.1 Å². The maximum absolute atomic E-state index is 13.3. The largest absolute Gasteiger partial charge is 0.488 e. The zero-order chi connectivity index (χ0) is 31.2. The number of rotatable bonds is 9. The number of carbonyl (C=O) groups excluding carboxylic acids is 2. The number of benzene rings is 2. The van der Waals surface area contributed by atoms with E-state index in [4.69, 9.17) is 4.74 Å². The van der Waals surface area contributed by atoms with E-state index in [-0.39, 0.29) is 37.1 Å². The number of likely N-dealkylation sites (N-methyl/N-ethyl adjacent to an activating group) is 1. The third-order valence-electron chi connectivity index (χ3n) is 7.06. The molecule has 0 saturated carbocycles. The normalized spacial score (nSPS) is 18.9. The Labute approximate surface area is 240 Å². The van der Waals surface area contributed by atoms with Gasteiger partial charge >= 0.3 is 12.4 Å². The number of hydrogen-bond acceptors (Lipinski definition) is 5. The fraction of sp³-hybridized carbons (Fsp3) is 0.517. The van der Waals surface area contributed by atoms with Gasteiger partial charge in [0.1, 0.15) is 11.9 Å². The first kappa shape index (κ1) is 33.2. The van der Waals surface area contributed by atoms with Crippen molar-refractivity contribution >= 4 is 17.5 Å². The molecule has 2 aromatic rings. The number of fused-ring (bicyclic) bond motifs is 1. The van der Waals surface area contributed by atoms with Gasteiger partial charge in [0.15, 0.2) is 0 Å². The van der Waals surface area contributed by atoms with Crippen molar-refractivity contribution in [2.75, 3.05) is 32.1 Å². The number of amides is 2. The number of hydrogen-bond donors (Lipinski definition) is 2. The lowest BCUT2D eigenvalue weighted by Gasteiger charge is -2.34. The summed E-state index contributed by atoms with van der Waals surface area (Å²) in [6.45, 7) is 4.24. The zero-order valence-electron chi connectivity index (χ0n) is 23.6. The Morgan fingerprint density at radius 2 is 1.81 bits per heavy atom. The van der Waals surface area contributed by atoms with Gasteiger partial charge in [-0.15, -0.1) is 0 Å². The van der Waals surface area contributed by atoms with Crippen molar-refractivity contribution in [2.24, 2.45) is 5.92 Å². The number of anilines is 1. The lowest BCUT2D eigenvalue weighted by Crippen LogP contribution is -2.47. The highest BCUT2D eigenvalue weighted by atomic mass is 19.4. The molecule has 2 amide bonds. The average molecular weight is 604 g/mol. The van der Waals surface area contributed by atoms with Crippen molar-refractivity contribution in [1.82, 2.24) is 9.80 Å². The molecule has 0 saturated heterocycles. The van der Waals surface area contributed by atoms with Gasteiger partial charge in [-0.05, 0) is 49.9 Å². The molecule has 42 heavy (non-hydrogen) atoms. The molecule has 0 aromatic heterocycles. The fourth-order valence-electron chi connectivity index (χ4n) is 4.69. The van der Waals surface area contributed by atoms with Crippen molar-refractivity contribution in [3.63, 3.8) is 0 Å². The van der Waals surface area contributed by atoms with Gasteiger partial charge in [0.2, 0.25) is 11.8 Å². The Balaban J connectivity index is 1.83. The molecule has 3 atom stereocenters. The van der Waals surface area contributed by atoms with Gasteiger partial charge in [0, 0.05) is 43.2 Å². The van der Waals surface area contributed by atoms with E-state index in [1.54, 1.807) is 24.9 Å². The van der Waals surface area contributed by atoms with Gasteiger partial charge in [-0.25, -0.2) is 0 Å². The molecule has 2 aromatic carbocycles. The van der Waals surface area contributed by atoms with Crippen LogP contribution in [0, 0.1) is 5.92 Å². The predicted molar refractivity (Wildman–Crippen MR) is 144 cm³/mol. The van der Waals surface area contributed by atoms with E-state index in [0.29, 0.717) is 30.0 Å². The third-order valence-corrected chi connectivity index (χ3v) is 7.06. The molecule has 1 aliphatic rings. The summed E-state index contributed by atoms with van der Waals surface area (Å²) in [4.78, 5) is 28.8. The lowest BCUT2D eigenvalue weighted by atomic mass is 10.0. The summed E-state index contributed by atoms with van der Waals surface area (Å²) in [5.74, 6) is -0.998. The number of aliphatic hydroxyl groups excluding tert-OH is 1. The smallest absolute Gasteiger partial charge is 0.416 e. The molecular weight excluding hydrogens is 568 g/mol. The van der Waals surface area contributed by atoms with Gasteiger partial charge in [0.25, 0.3) is 0 Å². The lowest BCUT2D eigenvalue weighted by molar-refractivity contribution is -0.142. The number of nitrogens with one attached hydrogen (secondary N) is 1. The number of ether oxygens (including phenoxy) is 1. The molecule has 0 spiro atoms. The summed E-state index contributed by atoms with van der Waals surface area (Å²) in [5, 5.41) is 12.2. The maximum Gasteiger partial charge on any atom is 0.416 e. The van der Waals surface area contributed by atoms with Gasteiger partial charge in [-0.2, -0.15) is 26.3 Å². The molecule has 232 valence electrons. The Kier molecular flexibility index (Phi) is 10.9. The second-order valence-electron chi connectivity index (χ2n) is 10.8. The molecule has 3 rings (SSSR count). The first-order chi connectivity index (χ1) is 19.6. The molecule has 0 fully saturated rings. The van der Waals surface area contributed by atoms with E-state index < -0.39 is 48.8 Å². The summed E-state index contributed by atoms with van der Waals surface area (Å²) in [6.07, 6.45) is -11.5. The first-order valence-corrected chi connectivity index (χ1v) is 13.5. The summed E-state index contributed by atoms with van der Waals surface area (Å²) in [7, 11) is 1.79. The minimum Gasteiger partial charge on any atom is -0.488 e. The highest BCUT2D eigenvalue weighted by molar-refractivity contribution is 5.91. The Morgan fingerprint density at radius 1 is 1.14 bits per heavy atom. The van der Waals surface area contributed by atoms with Crippen LogP contribution in [-0.4, -0.2) is 71.8 Å². The highest BCUT2D eigenvalue weighted by Crippen LogP contribution is 2.31. The number of aliphatic hydroxyl groups is 1. The average Bonchev–Trinajstić information content (AvgIpc) is 2.94. The van der Waals surface area contributed by atoms with Crippen LogP contribution in [0.4, 0.5) is 32.0 Å².